The van der Waals surface area contributed by atoms with Gasteiger partial charge in [-0.15, -0.1) is 0 Å². The van der Waals surface area contributed by atoms with Gasteiger partial charge in [0.05, 0.1) is 6.61 Å². The second kappa shape index (κ2) is 4.08. The smallest absolute Gasteiger partial charge is 0.328 e. The molecule has 0 saturated carbocycles. The lowest BCUT2D eigenvalue weighted by atomic mass is 10.1. The third-order valence-corrected chi connectivity index (χ3v) is 2.47. The van der Waals surface area contributed by atoms with Gasteiger partial charge in [-0.1, -0.05) is 0 Å². The molecule has 0 saturated heterocycles. The number of fused-ring (bicyclic) bond motifs is 1. The zero-order chi connectivity index (χ0) is 11.7. The summed E-state index contributed by atoms with van der Waals surface area (Å²) in [7, 11) is 0. The molecule has 1 aromatic carbocycles. The third kappa shape index (κ3) is 1.85. The summed E-state index contributed by atoms with van der Waals surface area (Å²) in [5.41, 5.74) is 0.662. The fourth-order valence-electron chi connectivity index (χ4n) is 1.77. The lowest BCUT2D eigenvalue weighted by Gasteiger charge is -2.09. The van der Waals surface area contributed by atoms with E-state index in [0.717, 1.165) is 6.07 Å². The van der Waals surface area contributed by atoms with Crippen molar-refractivity contribution in [1.29, 1.82) is 0 Å². The van der Waals surface area contributed by atoms with E-state index in [1.165, 1.54) is 6.07 Å². The molecular formula is C11H11F2NO2. The maximum atomic E-state index is 13.3. The Kier molecular flexibility index (Phi) is 2.77. The average Bonchev–Trinajstić information content (AvgIpc) is 2.62. The van der Waals surface area contributed by atoms with Crippen molar-refractivity contribution in [3.05, 3.63) is 29.3 Å². The van der Waals surface area contributed by atoms with Crippen LogP contribution in [-0.2, 0) is 16.0 Å². The van der Waals surface area contributed by atoms with Crippen LogP contribution in [0.5, 0.6) is 0 Å². The number of rotatable bonds is 2. The topological polar surface area (TPSA) is 38.3 Å². The van der Waals surface area contributed by atoms with Gasteiger partial charge in [-0.3, -0.25) is 0 Å². The van der Waals surface area contributed by atoms with E-state index in [0.29, 0.717) is 11.3 Å². The molecule has 0 amide bonds. The molecule has 0 aliphatic carbocycles. The summed E-state index contributed by atoms with van der Waals surface area (Å²) in [5.74, 6) is -1.74. The van der Waals surface area contributed by atoms with Crippen molar-refractivity contribution in [1.82, 2.24) is 0 Å². The van der Waals surface area contributed by atoms with Gasteiger partial charge < -0.3 is 10.1 Å². The molecule has 1 aliphatic heterocycles. The molecule has 1 heterocycles. The number of carbonyl (C=O) groups is 1. The second-order valence-corrected chi connectivity index (χ2v) is 3.57. The first-order chi connectivity index (χ1) is 7.61. The molecular weight excluding hydrogens is 216 g/mol. The molecule has 0 aromatic heterocycles. The first-order valence-corrected chi connectivity index (χ1v) is 5.03. The second-order valence-electron chi connectivity index (χ2n) is 3.57. The van der Waals surface area contributed by atoms with Gasteiger partial charge in [0, 0.05) is 23.7 Å². The highest BCUT2D eigenvalue weighted by atomic mass is 19.1. The van der Waals surface area contributed by atoms with E-state index >= 15 is 0 Å². The summed E-state index contributed by atoms with van der Waals surface area (Å²) in [4.78, 5) is 11.4. The first kappa shape index (κ1) is 10.9. The van der Waals surface area contributed by atoms with Gasteiger partial charge in [0.1, 0.15) is 17.7 Å². The highest BCUT2D eigenvalue weighted by Crippen LogP contribution is 2.29. The predicted octanol–water partition coefficient (Wildman–Crippen LogP) is 1.86. The van der Waals surface area contributed by atoms with Crippen LogP contribution in [0.25, 0.3) is 0 Å². The highest BCUT2D eigenvalue weighted by Gasteiger charge is 2.30. The average molecular weight is 227 g/mol. The fourth-order valence-corrected chi connectivity index (χ4v) is 1.77. The summed E-state index contributed by atoms with van der Waals surface area (Å²) < 4.78 is 31.1. The minimum absolute atomic E-state index is 0.195. The number of anilines is 1. The molecule has 0 spiro atoms. The minimum atomic E-state index is -0.659. The van der Waals surface area contributed by atoms with Crippen molar-refractivity contribution in [2.45, 2.75) is 19.4 Å². The minimum Gasteiger partial charge on any atom is -0.464 e. The van der Waals surface area contributed by atoms with E-state index in [1.54, 1.807) is 6.92 Å². The molecule has 16 heavy (non-hydrogen) atoms. The van der Waals surface area contributed by atoms with Crippen molar-refractivity contribution in [2.75, 3.05) is 11.9 Å². The van der Waals surface area contributed by atoms with Crippen LogP contribution in [-0.4, -0.2) is 18.6 Å². The third-order valence-electron chi connectivity index (χ3n) is 2.47. The molecule has 86 valence electrons. The molecule has 5 heteroatoms. The molecule has 2 rings (SSSR count). The van der Waals surface area contributed by atoms with Crippen LogP contribution in [0.2, 0.25) is 0 Å². The van der Waals surface area contributed by atoms with Crippen LogP contribution in [0, 0.1) is 11.6 Å². The lowest BCUT2D eigenvalue weighted by Crippen LogP contribution is -2.29. The van der Waals surface area contributed by atoms with Gasteiger partial charge >= 0.3 is 5.97 Å². The van der Waals surface area contributed by atoms with Gasteiger partial charge in [-0.05, 0) is 13.0 Å². The van der Waals surface area contributed by atoms with E-state index in [2.05, 4.69) is 5.32 Å². The van der Waals surface area contributed by atoms with Crippen LogP contribution < -0.4 is 5.32 Å². The fraction of sp³-hybridized carbons (Fsp3) is 0.364. The zero-order valence-corrected chi connectivity index (χ0v) is 8.72. The summed E-state index contributed by atoms with van der Waals surface area (Å²) in [6, 6.07) is 1.37. The van der Waals surface area contributed by atoms with Crippen molar-refractivity contribution < 1.29 is 18.3 Å². The standard InChI is InChI=1S/C11H11F2NO2/c1-2-16-11(15)10-5-7-8(13)3-6(12)4-9(7)14-10/h3-4,10,14H,2,5H2,1H3. The molecule has 1 atom stereocenters. The Labute approximate surface area is 91.4 Å². The summed E-state index contributed by atoms with van der Waals surface area (Å²) in [5, 5.41) is 2.75. The highest BCUT2D eigenvalue weighted by molar-refractivity contribution is 5.82. The normalized spacial score (nSPS) is 17.8. The first-order valence-electron chi connectivity index (χ1n) is 5.03. The number of benzene rings is 1. The predicted molar refractivity (Wildman–Crippen MR) is 54.1 cm³/mol. The monoisotopic (exact) mass is 227 g/mol. The lowest BCUT2D eigenvalue weighted by molar-refractivity contribution is -0.143. The van der Waals surface area contributed by atoms with Gasteiger partial charge in [0.15, 0.2) is 0 Å². The van der Waals surface area contributed by atoms with Crippen molar-refractivity contribution in [2.24, 2.45) is 0 Å². The molecule has 1 N–H and O–H groups in total. The van der Waals surface area contributed by atoms with Crippen LogP contribution in [0.1, 0.15) is 12.5 Å². The number of carbonyl (C=O) groups excluding carboxylic acids is 1. The number of hydrogen-bond acceptors (Lipinski definition) is 3. The number of ether oxygens (including phenoxy) is 1. The summed E-state index contributed by atoms with van der Waals surface area (Å²) in [6.07, 6.45) is 0.195. The Balaban J connectivity index is 2.21. The van der Waals surface area contributed by atoms with Crippen LogP contribution in [0.3, 0.4) is 0 Å². The summed E-state index contributed by atoms with van der Waals surface area (Å²) >= 11 is 0. The van der Waals surface area contributed by atoms with Gasteiger partial charge in [0.25, 0.3) is 0 Å². The van der Waals surface area contributed by atoms with E-state index in [1.807, 2.05) is 0 Å². The Morgan fingerprint density at radius 1 is 1.56 bits per heavy atom. The summed E-state index contributed by atoms with van der Waals surface area (Å²) in [6.45, 7) is 1.96. The van der Waals surface area contributed by atoms with Crippen molar-refractivity contribution in [3.8, 4) is 0 Å². The molecule has 1 aliphatic rings. The maximum Gasteiger partial charge on any atom is 0.328 e. The van der Waals surface area contributed by atoms with Gasteiger partial charge in [-0.2, -0.15) is 0 Å². The number of esters is 1. The molecule has 0 fully saturated rings. The molecule has 1 unspecified atom stereocenters. The van der Waals surface area contributed by atoms with Crippen molar-refractivity contribution in [3.63, 3.8) is 0 Å². The molecule has 3 nitrogen and oxygen atoms in total. The molecule has 0 radical (unpaired) electrons. The van der Waals surface area contributed by atoms with E-state index in [-0.39, 0.29) is 13.0 Å². The SMILES string of the molecule is CCOC(=O)C1Cc2c(F)cc(F)cc2N1. The van der Waals surface area contributed by atoms with E-state index < -0.39 is 23.6 Å². The largest absolute Gasteiger partial charge is 0.464 e. The zero-order valence-electron chi connectivity index (χ0n) is 8.72. The Morgan fingerprint density at radius 2 is 2.31 bits per heavy atom. The number of halogens is 2. The molecule has 0 bridgehead atoms. The van der Waals surface area contributed by atoms with Gasteiger partial charge in [0.2, 0.25) is 0 Å². The van der Waals surface area contributed by atoms with E-state index in [9.17, 15) is 13.6 Å². The Bertz CT molecular complexity index is 434. The van der Waals surface area contributed by atoms with Crippen LogP contribution >= 0.6 is 0 Å². The number of hydrogen-bond donors (Lipinski definition) is 1. The van der Waals surface area contributed by atoms with Crippen LogP contribution in [0.15, 0.2) is 12.1 Å². The van der Waals surface area contributed by atoms with Gasteiger partial charge in [-0.25, -0.2) is 13.6 Å². The molecule has 1 aromatic rings. The Hall–Kier alpha value is -1.65. The quantitative estimate of drug-likeness (QED) is 0.784. The maximum absolute atomic E-state index is 13.3. The Morgan fingerprint density at radius 3 is 3.00 bits per heavy atom. The van der Waals surface area contributed by atoms with Crippen LogP contribution in [0.4, 0.5) is 14.5 Å². The van der Waals surface area contributed by atoms with E-state index in [4.69, 9.17) is 4.74 Å². The number of nitrogens with one attached hydrogen (secondary N) is 1. The van der Waals surface area contributed by atoms with Crippen molar-refractivity contribution >= 4 is 11.7 Å².